The molecule has 1 aromatic carbocycles. The Kier molecular flexibility index (Phi) is 6.52. The lowest BCUT2D eigenvalue weighted by molar-refractivity contribution is -0.150. The predicted octanol–water partition coefficient (Wildman–Crippen LogP) is 1.13. The summed E-state index contributed by atoms with van der Waals surface area (Å²) in [4.78, 5) is 36.3. The maximum atomic E-state index is 12.7. The van der Waals surface area contributed by atoms with Crippen molar-refractivity contribution in [3.63, 3.8) is 0 Å². The number of carbonyl (C=O) groups is 3. The van der Waals surface area contributed by atoms with E-state index in [4.69, 9.17) is 4.74 Å². The van der Waals surface area contributed by atoms with Gasteiger partial charge in [-0.3, -0.25) is 9.59 Å². The molecule has 1 heterocycles. The molecule has 0 aromatic heterocycles. The van der Waals surface area contributed by atoms with E-state index in [9.17, 15) is 19.5 Å². The van der Waals surface area contributed by atoms with E-state index in [0.29, 0.717) is 6.61 Å². The second kappa shape index (κ2) is 8.62. The van der Waals surface area contributed by atoms with Crippen LogP contribution in [-0.2, 0) is 25.5 Å². The van der Waals surface area contributed by atoms with Gasteiger partial charge in [0.25, 0.3) is 0 Å². The Morgan fingerprint density at radius 3 is 2.76 bits per heavy atom. The lowest BCUT2D eigenvalue weighted by Gasteiger charge is -2.30. The first-order valence-corrected chi connectivity index (χ1v) is 8.36. The first kappa shape index (κ1) is 18.9. The highest BCUT2D eigenvalue weighted by atomic mass is 16.5. The average Bonchev–Trinajstić information content (AvgIpc) is 2.58. The summed E-state index contributed by atoms with van der Waals surface area (Å²) in [6, 6.07) is 6.84. The Hall–Kier alpha value is -2.41. The van der Waals surface area contributed by atoms with Gasteiger partial charge in [0.1, 0.15) is 6.04 Å². The Bertz CT molecular complexity index is 646. The Morgan fingerprint density at radius 2 is 2.08 bits per heavy atom. The third-order valence-corrected chi connectivity index (χ3v) is 4.32. The number of benzene rings is 1. The van der Waals surface area contributed by atoms with Crippen LogP contribution in [-0.4, -0.2) is 53.5 Å². The van der Waals surface area contributed by atoms with Crippen LogP contribution < -0.4 is 5.32 Å². The number of nitrogens with zero attached hydrogens (tertiary/aromatic N) is 1. The zero-order valence-corrected chi connectivity index (χ0v) is 14.5. The highest BCUT2D eigenvalue weighted by Crippen LogP contribution is 2.30. The number of carboxylic acid groups (broad SMARTS) is 1. The molecule has 0 bridgehead atoms. The minimum Gasteiger partial charge on any atom is -0.480 e. The molecule has 0 saturated heterocycles. The van der Waals surface area contributed by atoms with E-state index in [1.165, 1.54) is 18.7 Å². The Labute approximate surface area is 147 Å². The molecule has 7 heteroatoms. The first-order chi connectivity index (χ1) is 11.9. The molecule has 2 rings (SSSR count). The fourth-order valence-electron chi connectivity index (χ4n) is 2.94. The minimum atomic E-state index is -1.08. The van der Waals surface area contributed by atoms with E-state index in [1.807, 2.05) is 24.3 Å². The number of amides is 2. The van der Waals surface area contributed by atoms with Crippen LogP contribution >= 0.6 is 0 Å². The number of hydrogen-bond donors (Lipinski definition) is 2. The van der Waals surface area contributed by atoms with Crippen molar-refractivity contribution in [2.45, 2.75) is 38.8 Å². The van der Waals surface area contributed by atoms with Gasteiger partial charge in [0, 0.05) is 20.0 Å². The molecule has 0 saturated carbocycles. The Morgan fingerprint density at radius 1 is 1.36 bits per heavy atom. The van der Waals surface area contributed by atoms with Crippen LogP contribution in [0.25, 0.3) is 0 Å². The minimum absolute atomic E-state index is 0.0781. The molecule has 0 radical (unpaired) electrons. The van der Waals surface area contributed by atoms with Crippen molar-refractivity contribution in [3.05, 3.63) is 35.4 Å². The predicted molar refractivity (Wildman–Crippen MR) is 91.0 cm³/mol. The molecule has 7 nitrogen and oxygen atoms in total. The van der Waals surface area contributed by atoms with Gasteiger partial charge in [-0.1, -0.05) is 24.3 Å². The Balaban J connectivity index is 2.08. The van der Waals surface area contributed by atoms with Crippen LogP contribution in [0.15, 0.2) is 24.3 Å². The number of fused-ring (bicyclic) bond motifs is 1. The highest BCUT2D eigenvalue weighted by molar-refractivity contribution is 5.84. The van der Waals surface area contributed by atoms with Crippen LogP contribution in [0.3, 0.4) is 0 Å². The molecule has 0 aliphatic carbocycles. The summed E-state index contributed by atoms with van der Waals surface area (Å²) in [5.41, 5.74) is 2.13. The summed E-state index contributed by atoms with van der Waals surface area (Å²) >= 11 is 0. The van der Waals surface area contributed by atoms with Crippen molar-refractivity contribution >= 4 is 17.8 Å². The molecule has 1 aliphatic heterocycles. The normalized spacial score (nSPS) is 17.3. The zero-order valence-electron chi connectivity index (χ0n) is 14.5. The quantitative estimate of drug-likeness (QED) is 0.770. The van der Waals surface area contributed by atoms with E-state index in [1.54, 1.807) is 0 Å². The summed E-state index contributed by atoms with van der Waals surface area (Å²) in [6.07, 6.45) is 0.509. The van der Waals surface area contributed by atoms with Crippen molar-refractivity contribution in [1.82, 2.24) is 10.2 Å². The van der Waals surface area contributed by atoms with E-state index < -0.39 is 12.0 Å². The molecular weight excluding hydrogens is 324 g/mol. The van der Waals surface area contributed by atoms with Gasteiger partial charge in [-0.05, 0) is 24.5 Å². The van der Waals surface area contributed by atoms with E-state index in [0.717, 1.165) is 17.5 Å². The number of aliphatic carboxylic acids is 1. The fraction of sp³-hybridized carbons (Fsp3) is 0.500. The number of carbonyl (C=O) groups excluding carboxylic acids is 2. The highest BCUT2D eigenvalue weighted by Gasteiger charge is 2.29. The van der Waals surface area contributed by atoms with Gasteiger partial charge in [0.2, 0.25) is 11.8 Å². The van der Waals surface area contributed by atoms with Crippen LogP contribution in [0.2, 0.25) is 0 Å². The van der Waals surface area contributed by atoms with Crippen LogP contribution in [0.4, 0.5) is 0 Å². The average molecular weight is 348 g/mol. The number of hydrogen-bond acceptors (Lipinski definition) is 4. The lowest BCUT2D eigenvalue weighted by Crippen LogP contribution is -2.47. The van der Waals surface area contributed by atoms with Crippen molar-refractivity contribution in [1.29, 1.82) is 0 Å². The maximum absolute atomic E-state index is 12.7. The lowest BCUT2D eigenvalue weighted by atomic mass is 9.95. The molecule has 1 aromatic rings. The van der Waals surface area contributed by atoms with Gasteiger partial charge in [-0.25, -0.2) is 4.79 Å². The topological polar surface area (TPSA) is 95.9 Å². The molecule has 0 fully saturated rings. The third kappa shape index (κ3) is 5.03. The van der Waals surface area contributed by atoms with Crippen LogP contribution in [0.1, 0.15) is 37.5 Å². The molecule has 0 spiro atoms. The standard InChI is InChI=1S/C18H24N2O5/c1-12(18(23)24)20(9-8-19-13(2)21)17(22)11-16-15-6-4-3-5-14(15)7-10-25-16/h3-6,12,16H,7-11H2,1-2H3,(H,19,21)(H,23,24). The smallest absolute Gasteiger partial charge is 0.326 e. The van der Waals surface area contributed by atoms with Gasteiger partial charge >= 0.3 is 5.97 Å². The van der Waals surface area contributed by atoms with E-state index in [-0.39, 0.29) is 37.4 Å². The van der Waals surface area contributed by atoms with Crippen LogP contribution in [0.5, 0.6) is 0 Å². The van der Waals surface area contributed by atoms with Crippen molar-refractivity contribution in [2.75, 3.05) is 19.7 Å². The van der Waals surface area contributed by atoms with Gasteiger partial charge in [-0.2, -0.15) is 0 Å². The third-order valence-electron chi connectivity index (χ3n) is 4.32. The molecule has 2 amide bonds. The fourth-order valence-corrected chi connectivity index (χ4v) is 2.94. The van der Waals surface area contributed by atoms with E-state index in [2.05, 4.69) is 5.32 Å². The summed E-state index contributed by atoms with van der Waals surface area (Å²) in [5.74, 6) is -1.61. The van der Waals surface area contributed by atoms with Crippen molar-refractivity contribution in [3.8, 4) is 0 Å². The largest absolute Gasteiger partial charge is 0.480 e. The van der Waals surface area contributed by atoms with Gasteiger partial charge < -0.3 is 20.1 Å². The summed E-state index contributed by atoms with van der Waals surface area (Å²) in [5, 5.41) is 11.8. The van der Waals surface area contributed by atoms with Crippen molar-refractivity contribution in [2.24, 2.45) is 0 Å². The molecule has 2 unspecified atom stereocenters. The van der Waals surface area contributed by atoms with Gasteiger partial charge in [0.05, 0.1) is 19.1 Å². The second-order valence-electron chi connectivity index (χ2n) is 6.10. The molecule has 2 atom stereocenters. The number of rotatable bonds is 7. The number of carboxylic acids is 1. The van der Waals surface area contributed by atoms with Gasteiger partial charge in [0.15, 0.2) is 0 Å². The maximum Gasteiger partial charge on any atom is 0.326 e. The molecule has 1 aliphatic rings. The van der Waals surface area contributed by atoms with Crippen molar-refractivity contribution < 1.29 is 24.2 Å². The number of nitrogens with one attached hydrogen (secondary N) is 1. The number of ether oxygens (including phenoxy) is 1. The SMILES string of the molecule is CC(=O)NCCN(C(=O)CC1OCCc2ccccc21)C(C)C(=O)O. The molecular formula is C18H24N2O5. The van der Waals surface area contributed by atoms with Gasteiger partial charge in [-0.15, -0.1) is 0 Å². The zero-order chi connectivity index (χ0) is 18.4. The first-order valence-electron chi connectivity index (χ1n) is 8.36. The molecule has 136 valence electrons. The van der Waals surface area contributed by atoms with Crippen LogP contribution in [0, 0.1) is 0 Å². The summed E-state index contributed by atoms with van der Waals surface area (Å²) in [7, 11) is 0. The molecule has 2 N–H and O–H groups in total. The monoisotopic (exact) mass is 348 g/mol. The summed E-state index contributed by atoms with van der Waals surface area (Å²) in [6.45, 7) is 3.72. The molecule has 25 heavy (non-hydrogen) atoms. The van der Waals surface area contributed by atoms with E-state index >= 15 is 0 Å². The second-order valence-corrected chi connectivity index (χ2v) is 6.10. The summed E-state index contributed by atoms with van der Waals surface area (Å²) < 4.78 is 5.74.